The number of thioether (sulfide) groups is 1. The Balaban J connectivity index is 2.06. The first-order valence-electron chi connectivity index (χ1n) is 7.44. The second kappa shape index (κ2) is 6.74. The van der Waals surface area contributed by atoms with E-state index in [4.69, 9.17) is 9.47 Å². The smallest absolute Gasteiger partial charge is 0.416 e. The topological polar surface area (TPSA) is 91.6 Å². The highest BCUT2D eigenvalue weighted by Crippen LogP contribution is 2.37. The van der Waals surface area contributed by atoms with Crippen LogP contribution in [0.1, 0.15) is 34.1 Å². The first-order valence-corrected chi connectivity index (χ1v) is 8.32. The van der Waals surface area contributed by atoms with Gasteiger partial charge in [-0.1, -0.05) is 11.8 Å². The normalized spacial score (nSPS) is 31.5. The van der Waals surface area contributed by atoms with Crippen molar-refractivity contribution in [2.75, 3.05) is 13.2 Å². The molecule has 1 fully saturated rings. The van der Waals surface area contributed by atoms with Gasteiger partial charge >= 0.3 is 6.09 Å². The van der Waals surface area contributed by atoms with Crippen molar-refractivity contribution in [3.05, 3.63) is 0 Å². The number of hydrogen-bond donors (Lipinski definition) is 2. The van der Waals surface area contributed by atoms with E-state index in [0.29, 0.717) is 18.1 Å². The number of aliphatic hydroxyl groups is 2. The van der Waals surface area contributed by atoms with Crippen LogP contribution in [-0.4, -0.2) is 68.8 Å². The molecule has 0 aromatic rings. The summed E-state index contributed by atoms with van der Waals surface area (Å²) in [5.74, 6) is 0. The lowest BCUT2D eigenvalue weighted by Gasteiger charge is -2.33. The number of carbonyl (C=O) groups excluding carboxylic acids is 1. The van der Waals surface area contributed by atoms with E-state index in [1.807, 2.05) is 27.7 Å². The maximum absolute atomic E-state index is 12.2. The Morgan fingerprint density at radius 2 is 2.23 bits per heavy atom. The number of aliphatic imine (C=N–C) groups is 1. The van der Waals surface area contributed by atoms with Gasteiger partial charge in [-0.15, -0.1) is 0 Å². The first-order chi connectivity index (χ1) is 10.2. The lowest BCUT2D eigenvalue weighted by Crippen LogP contribution is -2.45. The lowest BCUT2D eigenvalue weighted by molar-refractivity contribution is -0.111. The zero-order chi connectivity index (χ0) is 16.5. The van der Waals surface area contributed by atoms with Gasteiger partial charge < -0.3 is 19.7 Å². The first kappa shape index (κ1) is 17.5. The molecule has 2 heterocycles. The number of ether oxygens (including phenoxy) is 2. The largest absolute Gasteiger partial charge is 0.443 e. The molecule has 22 heavy (non-hydrogen) atoms. The predicted molar refractivity (Wildman–Crippen MR) is 83.8 cm³/mol. The number of hydrogen-bond acceptors (Lipinski definition) is 7. The van der Waals surface area contributed by atoms with E-state index < -0.39 is 23.9 Å². The molecule has 1 saturated heterocycles. The molecule has 7 nitrogen and oxygen atoms in total. The van der Waals surface area contributed by atoms with Gasteiger partial charge in [0.05, 0.1) is 18.8 Å². The molecule has 0 aromatic carbocycles. The van der Waals surface area contributed by atoms with E-state index in [0.717, 1.165) is 0 Å². The van der Waals surface area contributed by atoms with Gasteiger partial charge in [0.15, 0.2) is 5.17 Å². The van der Waals surface area contributed by atoms with Gasteiger partial charge in [-0.25, -0.2) is 4.79 Å². The molecule has 0 aromatic heterocycles. The van der Waals surface area contributed by atoms with Crippen molar-refractivity contribution in [2.24, 2.45) is 4.99 Å². The Morgan fingerprint density at radius 3 is 2.77 bits per heavy atom. The number of amides is 1. The van der Waals surface area contributed by atoms with Crippen LogP contribution in [0.2, 0.25) is 0 Å². The Bertz CT molecular complexity index is 451. The van der Waals surface area contributed by atoms with Gasteiger partial charge in [-0.05, 0) is 27.7 Å². The second-order valence-electron chi connectivity index (χ2n) is 6.35. The third kappa shape index (κ3) is 3.92. The molecule has 126 valence electrons. The standard InChI is InChI=1S/C14H24N2O5S/c1-5-16(13(19)21-14(2,3)4)12-15-8-6-9(18)10(7-17)20-11(8)22-12/h8-11,17-18H,5-7H2,1-4H3/t8-,9+,10-,11-/m1/s1. The summed E-state index contributed by atoms with van der Waals surface area (Å²) in [7, 11) is 0. The third-order valence-corrected chi connectivity index (χ3v) is 4.57. The minimum absolute atomic E-state index is 0.214. The van der Waals surface area contributed by atoms with Crippen molar-refractivity contribution in [3.63, 3.8) is 0 Å². The average molecular weight is 332 g/mol. The van der Waals surface area contributed by atoms with Crippen LogP contribution >= 0.6 is 11.8 Å². The molecule has 2 aliphatic heterocycles. The molecule has 4 atom stereocenters. The minimum atomic E-state index is -0.744. The highest BCUT2D eigenvalue weighted by molar-refractivity contribution is 8.14. The maximum Gasteiger partial charge on any atom is 0.416 e. The fourth-order valence-electron chi connectivity index (χ4n) is 2.32. The van der Waals surface area contributed by atoms with E-state index >= 15 is 0 Å². The molecule has 2 N–H and O–H groups in total. The fraction of sp³-hybridized carbons (Fsp3) is 0.857. The van der Waals surface area contributed by atoms with E-state index in [1.165, 1.54) is 16.7 Å². The van der Waals surface area contributed by atoms with Crippen molar-refractivity contribution in [3.8, 4) is 0 Å². The van der Waals surface area contributed by atoms with Crippen molar-refractivity contribution in [1.82, 2.24) is 4.90 Å². The molecule has 2 aliphatic rings. The summed E-state index contributed by atoms with van der Waals surface area (Å²) in [5.41, 5.74) is -0.859. The number of aliphatic hydroxyl groups excluding tert-OH is 2. The van der Waals surface area contributed by atoms with Crippen LogP contribution < -0.4 is 0 Å². The summed E-state index contributed by atoms with van der Waals surface area (Å²) in [5, 5.41) is 19.6. The van der Waals surface area contributed by atoms with Gasteiger partial charge in [0.25, 0.3) is 0 Å². The highest BCUT2D eigenvalue weighted by Gasteiger charge is 2.43. The van der Waals surface area contributed by atoms with Gasteiger partial charge in [0.1, 0.15) is 17.1 Å². The summed E-state index contributed by atoms with van der Waals surface area (Å²) in [4.78, 5) is 18.2. The van der Waals surface area contributed by atoms with Crippen molar-refractivity contribution in [2.45, 2.75) is 63.4 Å². The molecule has 0 unspecified atom stereocenters. The number of nitrogens with zero attached hydrogens (tertiary/aromatic N) is 2. The van der Waals surface area contributed by atoms with Crippen molar-refractivity contribution >= 4 is 23.0 Å². The lowest BCUT2D eigenvalue weighted by atomic mass is 10.0. The molecule has 0 bridgehead atoms. The van der Waals surface area contributed by atoms with Crippen molar-refractivity contribution in [1.29, 1.82) is 0 Å². The molecule has 2 rings (SSSR count). The summed E-state index contributed by atoms with van der Waals surface area (Å²) in [6.07, 6.45) is -1.37. The van der Waals surface area contributed by atoms with Crippen LogP contribution in [0.5, 0.6) is 0 Å². The Labute approximate surface area is 134 Å². The highest BCUT2D eigenvalue weighted by atomic mass is 32.2. The Kier molecular flexibility index (Phi) is 5.37. The van der Waals surface area contributed by atoms with Crippen LogP contribution in [0, 0.1) is 0 Å². The Hall–Kier alpha value is -0.830. The Morgan fingerprint density at radius 1 is 1.55 bits per heavy atom. The molecule has 1 amide bonds. The monoisotopic (exact) mass is 332 g/mol. The third-order valence-electron chi connectivity index (χ3n) is 3.37. The summed E-state index contributed by atoms with van der Waals surface area (Å²) >= 11 is 1.33. The maximum atomic E-state index is 12.2. The summed E-state index contributed by atoms with van der Waals surface area (Å²) < 4.78 is 11.0. The number of fused-ring (bicyclic) bond motifs is 1. The van der Waals surface area contributed by atoms with Gasteiger partial charge in [0, 0.05) is 13.0 Å². The van der Waals surface area contributed by atoms with Crippen molar-refractivity contribution < 1.29 is 24.5 Å². The van der Waals surface area contributed by atoms with Crippen LogP contribution in [0.25, 0.3) is 0 Å². The van der Waals surface area contributed by atoms with E-state index in [9.17, 15) is 15.0 Å². The van der Waals surface area contributed by atoms with Crippen LogP contribution in [0.4, 0.5) is 4.79 Å². The number of carbonyl (C=O) groups is 1. The van der Waals surface area contributed by atoms with Gasteiger partial charge in [-0.2, -0.15) is 0 Å². The zero-order valence-electron chi connectivity index (χ0n) is 13.4. The predicted octanol–water partition coefficient (Wildman–Crippen LogP) is 1.18. The SMILES string of the molecule is CCN(C(=O)OC(C)(C)C)C1=N[C@@H]2C[C@H](O)[C@@H](CO)O[C@@H]2S1. The van der Waals surface area contributed by atoms with Gasteiger partial charge in [0.2, 0.25) is 0 Å². The molecule has 8 heteroatoms. The van der Waals surface area contributed by atoms with E-state index in [1.54, 1.807) is 0 Å². The van der Waals surface area contributed by atoms with Crippen LogP contribution in [0.15, 0.2) is 4.99 Å². The summed E-state index contributed by atoms with van der Waals surface area (Å²) in [6, 6.07) is -0.214. The molecular weight excluding hydrogens is 308 g/mol. The van der Waals surface area contributed by atoms with Gasteiger partial charge in [-0.3, -0.25) is 9.89 Å². The average Bonchev–Trinajstić information content (AvgIpc) is 2.78. The van der Waals surface area contributed by atoms with Crippen LogP contribution in [0.3, 0.4) is 0 Å². The van der Waals surface area contributed by atoms with E-state index in [2.05, 4.69) is 4.99 Å². The zero-order valence-corrected chi connectivity index (χ0v) is 14.2. The number of rotatable bonds is 2. The minimum Gasteiger partial charge on any atom is -0.443 e. The molecule has 0 saturated carbocycles. The van der Waals surface area contributed by atoms with Crippen LogP contribution in [-0.2, 0) is 9.47 Å². The quantitative estimate of drug-likeness (QED) is 0.789. The second-order valence-corrected chi connectivity index (χ2v) is 7.42. The number of amidine groups is 1. The molecular formula is C14H24N2O5S. The molecule has 0 spiro atoms. The molecule has 0 radical (unpaired) electrons. The fourth-order valence-corrected chi connectivity index (χ4v) is 3.58. The molecule has 0 aliphatic carbocycles. The summed E-state index contributed by atoms with van der Waals surface area (Å²) in [6.45, 7) is 7.49. The van der Waals surface area contributed by atoms with E-state index in [-0.39, 0.29) is 18.1 Å².